The van der Waals surface area contributed by atoms with Crippen LogP contribution in [0.25, 0.3) is 17.1 Å². The van der Waals surface area contributed by atoms with E-state index in [1.54, 1.807) is 0 Å². The van der Waals surface area contributed by atoms with Crippen molar-refractivity contribution >= 4 is 11.8 Å². The van der Waals surface area contributed by atoms with Gasteiger partial charge >= 0.3 is 0 Å². The van der Waals surface area contributed by atoms with Crippen molar-refractivity contribution in [2.24, 2.45) is 0 Å². The third kappa shape index (κ3) is 2.77. The van der Waals surface area contributed by atoms with Crippen LogP contribution in [0.5, 0.6) is 0 Å². The first-order valence-electron chi connectivity index (χ1n) is 6.98. The van der Waals surface area contributed by atoms with Crippen LogP contribution in [0.1, 0.15) is 5.56 Å². The number of thioether (sulfide) groups is 1. The molecule has 112 valence electrons. The molecule has 0 spiro atoms. The normalized spacial score (nSPS) is 10.3. The van der Waals surface area contributed by atoms with Crippen molar-refractivity contribution in [3.63, 3.8) is 0 Å². The van der Waals surface area contributed by atoms with Gasteiger partial charge < -0.3 is 0 Å². The first-order valence-corrected chi connectivity index (χ1v) is 8.20. The Morgan fingerprint density at radius 3 is 2.22 bits per heavy atom. The number of aromatic nitrogens is 2. The minimum absolute atomic E-state index is 0.0704. The van der Waals surface area contributed by atoms with Crippen molar-refractivity contribution < 1.29 is 0 Å². The highest BCUT2D eigenvalue weighted by molar-refractivity contribution is 7.98. The summed E-state index contributed by atoms with van der Waals surface area (Å²) in [5.41, 5.74) is 1.24. The molecular formula is C18H13N3OS. The van der Waals surface area contributed by atoms with E-state index in [1.807, 2.05) is 73.0 Å². The molecule has 0 bridgehead atoms. The topological polar surface area (TPSA) is 58.7 Å². The lowest BCUT2D eigenvalue weighted by atomic mass is 10.2. The average Bonchev–Trinajstić information content (AvgIpc) is 2.62. The number of benzene rings is 2. The lowest BCUT2D eigenvalue weighted by molar-refractivity contribution is 0.893. The molecule has 2 aromatic carbocycles. The quantitative estimate of drug-likeness (QED) is 0.548. The summed E-state index contributed by atoms with van der Waals surface area (Å²) in [6, 6.07) is 20.7. The highest BCUT2D eigenvalue weighted by atomic mass is 32.2. The summed E-state index contributed by atoms with van der Waals surface area (Å²) in [6.45, 7) is 0. The Labute approximate surface area is 138 Å². The Balaban J connectivity index is 2.41. The number of para-hydroxylation sites is 1. The summed E-state index contributed by atoms with van der Waals surface area (Å²) < 4.78 is 1.49. The van der Waals surface area contributed by atoms with Crippen LogP contribution >= 0.6 is 11.8 Å². The van der Waals surface area contributed by atoms with E-state index in [9.17, 15) is 10.1 Å². The molecule has 0 aliphatic heterocycles. The predicted molar refractivity (Wildman–Crippen MR) is 91.8 cm³/mol. The standard InChI is InChI=1S/C18H13N3OS/c1-23-17-15(12-19)18(22)21(14-10-6-3-7-11-14)16(20-17)13-8-4-2-5-9-13/h2-11H,1H3. The second kappa shape index (κ2) is 6.51. The maximum atomic E-state index is 12.9. The number of hydrogen-bond acceptors (Lipinski definition) is 4. The van der Waals surface area contributed by atoms with Crippen LogP contribution in [0.4, 0.5) is 0 Å². The molecule has 0 atom stereocenters. The Hall–Kier alpha value is -2.84. The maximum absolute atomic E-state index is 12.9. The van der Waals surface area contributed by atoms with Gasteiger partial charge in [-0.2, -0.15) is 5.26 Å². The molecule has 23 heavy (non-hydrogen) atoms. The van der Waals surface area contributed by atoms with Crippen LogP contribution in [0.2, 0.25) is 0 Å². The summed E-state index contributed by atoms with van der Waals surface area (Å²) in [6.07, 6.45) is 1.81. The lowest BCUT2D eigenvalue weighted by Gasteiger charge is -2.14. The van der Waals surface area contributed by atoms with Crippen molar-refractivity contribution in [2.75, 3.05) is 6.26 Å². The average molecular weight is 319 g/mol. The fourth-order valence-corrected chi connectivity index (χ4v) is 2.86. The largest absolute Gasteiger partial charge is 0.277 e. The molecule has 0 saturated heterocycles. The van der Waals surface area contributed by atoms with Gasteiger partial charge in [0.15, 0.2) is 0 Å². The zero-order valence-corrected chi connectivity index (χ0v) is 13.2. The van der Waals surface area contributed by atoms with Gasteiger partial charge in [0, 0.05) is 5.56 Å². The van der Waals surface area contributed by atoms with Crippen LogP contribution < -0.4 is 5.56 Å². The van der Waals surface area contributed by atoms with Crippen LogP contribution in [0.15, 0.2) is 70.5 Å². The van der Waals surface area contributed by atoms with Gasteiger partial charge in [-0.25, -0.2) is 4.98 Å². The second-order valence-corrected chi connectivity index (χ2v) is 5.57. The zero-order chi connectivity index (χ0) is 16.2. The molecule has 5 heteroatoms. The van der Waals surface area contributed by atoms with Gasteiger partial charge in [-0.1, -0.05) is 48.5 Å². The maximum Gasteiger partial charge on any atom is 0.277 e. The Bertz CT molecular complexity index is 928. The molecule has 0 saturated carbocycles. The molecule has 0 fully saturated rings. The fourth-order valence-electron chi connectivity index (χ4n) is 2.34. The van der Waals surface area contributed by atoms with E-state index in [4.69, 9.17) is 0 Å². The molecule has 0 unspecified atom stereocenters. The molecule has 3 rings (SSSR count). The second-order valence-electron chi connectivity index (χ2n) is 4.77. The highest BCUT2D eigenvalue weighted by Gasteiger charge is 2.18. The highest BCUT2D eigenvalue weighted by Crippen LogP contribution is 2.23. The van der Waals surface area contributed by atoms with Gasteiger partial charge in [0.1, 0.15) is 22.5 Å². The molecule has 0 aliphatic carbocycles. The monoisotopic (exact) mass is 319 g/mol. The number of nitriles is 1. The summed E-state index contributed by atoms with van der Waals surface area (Å²) in [4.78, 5) is 17.4. The van der Waals surface area contributed by atoms with E-state index < -0.39 is 0 Å². The van der Waals surface area contributed by atoms with Gasteiger partial charge in [-0.05, 0) is 18.4 Å². The molecule has 0 aliphatic rings. The predicted octanol–water partition coefficient (Wildman–Crippen LogP) is 3.49. The summed E-state index contributed by atoms with van der Waals surface area (Å²) >= 11 is 1.30. The van der Waals surface area contributed by atoms with Gasteiger partial charge in [-0.15, -0.1) is 11.8 Å². The number of rotatable bonds is 3. The molecule has 0 amide bonds. The first-order chi connectivity index (χ1) is 11.3. The summed E-state index contributed by atoms with van der Waals surface area (Å²) in [7, 11) is 0. The lowest BCUT2D eigenvalue weighted by Crippen LogP contribution is -2.25. The van der Waals surface area contributed by atoms with Crippen LogP contribution in [0.3, 0.4) is 0 Å². The van der Waals surface area contributed by atoms with Crippen molar-refractivity contribution in [1.82, 2.24) is 9.55 Å². The minimum atomic E-state index is -0.350. The van der Waals surface area contributed by atoms with Crippen LogP contribution in [-0.2, 0) is 0 Å². The van der Waals surface area contributed by atoms with Gasteiger partial charge in [0.2, 0.25) is 0 Å². The SMILES string of the molecule is CSc1nc(-c2ccccc2)n(-c2ccccc2)c(=O)c1C#N. The molecule has 4 nitrogen and oxygen atoms in total. The third-order valence-corrected chi connectivity index (χ3v) is 4.08. The van der Waals surface area contributed by atoms with Crippen molar-refractivity contribution in [3.8, 4) is 23.1 Å². The van der Waals surface area contributed by atoms with Crippen molar-refractivity contribution in [1.29, 1.82) is 5.26 Å². The Morgan fingerprint density at radius 2 is 1.65 bits per heavy atom. The summed E-state index contributed by atoms with van der Waals surface area (Å²) in [5, 5.41) is 9.79. The molecule has 3 aromatic rings. The number of nitrogens with zero attached hydrogens (tertiary/aromatic N) is 3. The zero-order valence-electron chi connectivity index (χ0n) is 12.4. The van der Waals surface area contributed by atoms with Crippen LogP contribution in [0, 0.1) is 11.3 Å². The van der Waals surface area contributed by atoms with Crippen molar-refractivity contribution in [2.45, 2.75) is 5.03 Å². The smallest absolute Gasteiger partial charge is 0.267 e. The Kier molecular flexibility index (Phi) is 4.26. The van der Waals surface area contributed by atoms with E-state index in [0.29, 0.717) is 16.5 Å². The van der Waals surface area contributed by atoms with Gasteiger partial charge in [0.25, 0.3) is 5.56 Å². The van der Waals surface area contributed by atoms with E-state index in [-0.39, 0.29) is 11.1 Å². The molecule has 1 aromatic heterocycles. The Morgan fingerprint density at radius 1 is 1.04 bits per heavy atom. The van der Waals surface area contributed by atoms with E-state index >= 15 is 0 Å². The molecular weight excluding hydrogens is 306 g/mol. The molecule has 0 radical (unpaired) electrons. The van der Waals surface area contributed by atoms with E-state index in [2.05, 4.69) is 4.98 Å². The van der Waals surface area contributed by atoms with Crippen LogP contribution in [-0.4, -0.2) is 15.8 Å². The molecule has 0 N–H and O–H groups in total. The first kappa shape index (κ1) is 15.1. The fraction of sp³-hybridized carbons (Fsp3) is 0.0556. The third-order valence-electron chi connectivity index (χ3n) is 3.40. The van der Waals surface area contributed by atoms with E-state index in [0.717, 1.165) is 5.56 Å². The summed E-state index contributed by atoms with van der Waals surface area (Å²) in [5.74, 6) is 0.533. The molecule has 1 heterocycles. The van der Waals surface area contributed by atoms with Gasteiger partial charge in [-0.3, -0.25) is 9.36 Å². The van der Waals surface area contributed by atoms with Gasteiger partial charge in [0.05, 0.1) is 5.69 Å². The van der Waals surface area contributed by atoms with Crippen molar-refractivity contribution in [3.05, 3.63) is 76.6 Å². The number of hydrogen-bond donors (Lipinski definition) is 0. The van der Waals surface area contributed by atoms with E-state index in [1.165, 1.54) is 16.3 Å². The minimum Gasteiger partial charge on any atom is -0.267 e.